The smallest absolute Gasteiger partial charge is 0.226 e. The fourth-order valence-electron chi connectivity index (χ4n) is 1.52. The van der Waals surface area contributed by atoms with Crippen LogP contribution in [0.25, 0.3) is 0 Å². The fraction of sp³-hybridized carbons (Fsp3) is 0.333. The number of aromatic nitrogens is 2. The minimum absolute atomic E-state index is 0.142. The van der Waals surface area contributed by atoms with Gasteiger partial charge in [-0.2, -0.15) is 4.98 Å². The molecular weight excluding hydrogens is 284 g/mol. The van der Waals surface area contributed by atoms with E-state index in [2.05, 4.69) is 26.1 Å². The average molecular weight is 297 g/mol. The van der Waals surface area contributed by atoms with Gasteiger partial charge in [0.1, 0.15) is 0 Å². The minimum Gasteiger partial charge on any atom is -0.396 e. The van der Waals surface area contributed by atoms with E-state index in [-0.39, 0.29) is 6.61 Å². The first kappa shape index (κ1) is 12.3. The lowest BCUT2D eigenvalue weighted by molar-refractivity contribution is 0.278. The molecule has 1 aromatic carbocycles. The van der Waals surface area contributed by atoms with Crippen LogP contribution in [-0.2, 0) is 12.8 Å². The number of rotatable bonds is 5. The van der Waals surface area contributed by atoms with E-state index in [9.17, 15) is 0 Å². The molecule has 2 rings (SSSR count). The third kappa shape index (κ3) is 3.64. The van der Waals surface area contributed by atoms with Gasteiger partial charge in [-0.25, -0.2) is 0 Å². The van der Waals surface area contributed by atoms with Gasteiger partial charge in [-0.15, -0.1) is 0 Å². The van der Waals surface area contributed by atoms with Crippen LogP contribution in [0.1, 0.15) is 23.7 Å². The van der Waals surface area contributed by atoms with Crippen molar-refractivity contribution >= 4 is 15.9 Å². The molecule has 0 radical (unpaired) electrons. The molecule has 4 nitrogen and oxygen atoms in total. The molecule has 2 aromatic rings. The van der Waals surface area contributed by atoms with Crippen molar-refractivity contribution in [1.29, 1.82) is 0 Å². The van der Waals surface area contributed by atoms with Crippen molar-refractivity contribution in [2.45, 2.75) is 19.3 Å². The maximum Gasteiger partial charge on any atom is 0.226 e. The molecule has 1 heterocycles. The van der Waals surface area contributed by atoms with Crippen LogP contribution in [-0.4, -0.2) is 21.9 Å². The van der Waals surface area contributed by atoms with E-state index >= 15 is 0 Å². The normalized spacial score (nSPS) is 10.7. The Morgan fingerprint density at radius 3 is 3.00 bits per heavy atom. The van der Waals surface area contributed by atoms with Gasteiger partial charge >= 0.3 is 0 Å². The molecule has 0 spiro atoms. The van der Waals surface area contributed by atoms with E-state index in [0.717, 1.165) is 10.0 Å². The van der Waals surface area contributed by atoms with Crippen LogP contribution in [0.4, 0.5) is 0 Å². The number of aryl methyl sites for hydroxylation is 1. The summed E-state index contributed by atoms with van der Waals surface area (Å²) in [6.07, 6.45) is 1.93. The van der Waals surface area contributed by atoms with Crippen LogP contribution >= 0.6 is 15.9 Å². The molecule has 0 aliphatic carbocycles. The van der Waals surface area contributed by atoms with Gasteiger partial charge in [0, 0.05) is 23.9 Å². The van der Waals surface area contributed by atoms with Gasteiger partial charge in [0.2, 0.25) is 5.89 Å². The zero-order valence-electron chi connectivity index (χ0n) is 9.27. The Kier molecular flexibility index (Phi) is 4.28. The summed E-state index contributed by atoms with van der Waals surface area (Å²) in [5.41, 5.74) is 1.13. The van der Waals surface area contributed by atoms with Crippen LogP contribution < -0.4 is 0 Å². The predicted octanol–water partition coefficient (Wildman–Crippen LogP) is 2.35. The maximum absolute atomic E-state index is 8.71. The third-order valence-corrected chi connectivity index (χ3v) is 2.80. The first-order valence-corrected chi connectivity index (χ1v) is 6.24. The molecule has 0 saturated heterocycles. The molecule has 0 amide bonds. The summed E-state index contributed by atoms with van der Waals surface area (Å²) in [6.45, 7) is 0.142. The van der Waals surface area contributed by atoms with E-state index in [1.165, 1.54) is 0 Å². The highest BCUT2D eigenvalue weighted by molar-refractivity contribution is 9.10. The molecule has 1 aromatic heterocycles. The topological polar surface area (TPSA) is 59.2 Å². The predicted molar refractivity (Wildman–Crippen MR) is 66.7 cm³/mol. The highest BCUT2D eigenvalue weighted by atomic mass is 79.9. The number of aliphatic hydroxyl groups is 1. The van der Waals surface area contributed by atoms with E-state index in [4.69, 9.17) is 9.63 Å². The van der Waals surface area contributed by atoms with Gasteiger partial charge in [0.15, 0.2) is 5.82 Å². The molecule has 0 unspecified atom stereocenters. The van der Waals surface area contributed by atoms with Gasteiger partial charge in [-0.3, -0.25) is 0 Å². The van der Waals surface area contributed by atoms with Gasteiger partial charge in [-0.05, 0) is 24.1 Å². The molecule has 0 aliphatic rings. The zero-order chi connectivity index (χ0) is 12.1. The number of halogens is 1. The molecule has 0 saturated carbocycles. The van der Waals surface area contributed by atoms with Crippen molar-refractivity contribution in [2.24, 2.45) is 0 Å². The second-order valence-electron chi connectivity index (χ2n) is 3.74. The quantitative estimate of drug-likeness (QED) is 0.920. The number of aliphatic hydroxyl groups excluding tert-OH is 1. The lowest BCUT2D eigenvalue weighted by atomic mass is 10.1. The van der Waals surface area contributed by atoms with Crippen LogP contribution in [0.2, 0.25) is 0 Å². The van der Waals surface area contributed by atoms with Crippen molar-refractivity contribution in [1.82, 2.24) is 10.1 Å². The Morgan fingerprint density at radius 2 is 2.24 bits per heavy atom. The Bertz CT molecular complexity index is 485. The van der Waals surface area contributed by atoms with E-state index in [1.54, 1.807) is 0 Å². The Hall–Kier alpha value is -1.20. The molecule has 5 heteroatoms. The monoisotopic (exact) mass is 296 g/mol. The maximum atomic E-state index is 8.71. The highest BCUT2D eigenvalue weighted by Crippen LogP contribution is 2.14. The Labute approximate surface area is 108 Å². The third-order valence-electron chi connectivity index (χ3n) is 2.31. The zero-order valence-corrected chi connectivity index (χ0v) is 10.9. The van der Waals surface area contributed by atoms with Gasteiger partial charge < -0.3 is 9.63 Å². The summed E-state index contributed by atoms with van der Waals surface area (Å²) in [6, 6.07) is 8.01. The second kappa shape index (κ2) is 5.93. The fourth-order valence-corrected chi connectivity index (χ4v) is 1.97. The number of nitrogens with zero attached hydrogens (tertiary/aromatic N) is 2. The molecule has 0 fully saturated rings. The van der Waals surface area contributed by atoms with Gasteiger partial charge in [0.25, 0.3) is 0 Å². The van der Waals surface area contributed by atoms with Crippen molar-refractivity contribution in [3.05, 3.63) is 46.0 Å². The standard InChI is InChI=1S/C12H13BrN2O2/c13-10-4-1-3-9(7-10)8-11-14-12(17-15-11)5-2-6-16/h1,3-4,7,16H,2,5-6,8H2. The summed E-state index contributed by atoms with van der Waals surface area (Å²) < 4.78 is 6.13. The lowest BCUT2D eigenvalue weighted by Gasteiger charge is -1.96. The lowest BCUT2D eigenvalue weighted by Crippen LogP contribution is -1.92. The highest BCUT2D eigenvalue weighted by Gasteiger charge is 2.06. The largest absolute Gasteiger partial charge is 0.396 e. The molecule has 0 aliphatic heterocycles. The van der Waals surface area contributed by atoms with Crippen molar-refractivity contribution in [3.63, 3.8) is 0 Å². The first-order chi connectivity index (χ1) is 8.28. The molecule has 17 heavy (non-hydrogen) atoms. The van der Waals surface area contributed by atoms with Crippen LogP contribution in [0.15, 0.2) is 33.3 Å². The molecular formula is C12H13BrN2O2. The van der Waals surface area contributed by atoms with Gasteiger partial charge in [-0.1, -0.05) is 33.2 Å². The number of benzene rings is 1. The van der Waals surface area contributed by atoms with Crippen LogP contribution in [0.5, 0.6) is 0 Å². The molecule has 90 valence electrons. The van der Waals surface area contributed by atoms with Crippen molar-refractivity contribution < 1.29 is 9.63 Å². The number of hydrogen-bond acceptors (Lipinski definition) is 4. The molecule has 1 N–H and O–H groups in total. The van der Waals surface area contributed by atoms with Crippen LogP contribution in [0, 0.1) is 0 Å². The van der Waals surface area contributed by atoms with Crippen molar-refractivity contribution in [3.8, 4) is 0 Å². The van der Waals surface area contributed by atoms with E-state index in [1.807, 2.05) is 24.3 Å². The van der Waals surface area contributed by atoms with Crippen molar-refractivity contribution in [2.75, 3.05) is 6.61 Å². The number of hydrogen-bond donors (Lipinski definition) is 1. The summed E-state index contributed by atoms with van der Waals surface area (Å²) >= 11 is 3.42. The Balaban J connectivity index is 2.01. The van der Waals surface area contributed by atoms with E-state index in [0.29, 0.717) is 31.0 Å². The summed E-state index contributed by atoms with van der Waals surface area (Å²) in [7, 11) is 0. The summed E-state index contributed by atoms with van der Waals surface area (Å²) in [4.78, 5) is 4.27. The summed E-state index contributed by atoms with van der Waals surface area (Å²) in [5, 5.41) is 12.6. The summed E-state index contributed by atoms with van der Waals surface area (Å²) in [5.74, 6) is 1.26. The van der Waals surface area contributed by atoms with Crippen LogP contribution in [0.3, 0.4) is 0 Å². The second-order valence-corrected chi connectivity index (χ2v) is 4.65. The Morgan fingerprint density at radius 1 is 1.35 bits per heavy atom. The first-order valence-electron chi connectivity index (χ1n) is 5.44. The van der Waals surface area contributed by atoms with Gasteiger partial charge in [0.05, 0.1) is 0 Å². The SMILES string of the molecule is OCCCc1nc(Cc2cccc(Br)c2)no1. The minimum atomic E-state index is 0.142. The molecule has 0 atom stereocenters. The average Bonchev–Trinajstić information content (AvgIpc) is 2.74. The molecule has 0 bridgehead atoms. The van der Waals surface area contributed by atoms with E-state index < -0.39 is 0 Å².